The van der Waals surface area contributed by atoms with Gasteiger partial charge in [0.15, 0.2) is 0 Å². The summed E-state index contributed by atoms with van der Waals surface area (Å²) in [5.74, 6) is 0.627. The van der Waals surface area contributed by atoms with E-state index in [0.717, 1.165) is 50.2 Å². The van der Waals surface area contributed by atoms with Gasteiger partial charge in [-0.15, -0.1) is 0 Å². The number of rotatable bonds is 4. The number of hydrogen-bond donors (Lipinski definition) is 0. The second kappa shape index (κ2) is 12.7. The van der Waals surface area contributed by atoms with E-state index in [1.54, 1.807) is 0 Å². The highest BCUT2D eigenvalue weighted by Crippen LogP contribution is 2.60. The monoisotopic (exact) mass is 851 g/mol. The van der Waals surface area contributed by atoms with Gasteiger partial charge in [0, 0.05) is 67.1 Å². The fourth-order valence-electron chi connectivity index (χ4n) is 12.2. The fourth-order valence-corrected chi connectivity index (χ4v) is 12.2. The van der Waals surface area contributed by atoms with Gasteiger partial charge in [-0.05, 0) is 139 Å². The molecular formula is C61H45N3O2. The second-order valence-corrected chi connectivity index (χ2v) is 20.1. The molecule has 316 valence electrons. The van der Waals surface area contributed by atoms with E-state index in [9.17, 15) is 0 Å². The van der Waals surface area contributed by atoms with Gasteiger partial charge in [0.2, 0.25) is 5.95 Å². The van der Waals surface area contributed by atoms with Crippen molar-refractivity contribution in [1.29, 1.82) is 0 Å². The largest absolute Gasteiger partial charge is 0.456 e. The van der Waals surface area contributed by atoms with Crippen molar-refractivity contribution in [3.8, 4) is 44.5 Å². The molecule has 0 amide bonds. The average Bonchev–Trinajstić information content (AvgIpc) is 4.08. The Balaban J connectivity index is 0.927. The molecule has 0 unspecified atom stereocenters. The lowest BCUT2D eigenvalue weighted by atomic mass is 9.79. The highest BCUT2D eigenvalue weighted by Gasteiger charge is 2.44. The van der Waals surface area contributed by atoms with Gasteiger partial charge in [-0.1, -0.05) is 126 Å². The number of aromatic nitrogens is 2. The predicted octanol–water partition coefficient (Wildman–Crippen LogP) is 16.3. The van der Waals surface area contributed by atoms with Crippen molar-refractivity contribution in [3.63, 3.8) is 0 Å². The van der Waals surface area contributed by atoms with Gasteiger partial charge in [0.25, 0.3) is 0 Å². The minimum absolute atomic E-state index is 0.179. The summed E-state index contributed by atoms with van der Waals surface area (Å²) in [7, 11) is 0. The lowest BCUT2D eigenvalue weighted by molar-refractivity contribution is 0.651. The van der Waals surface area contributed by atoms with Gasteiger partial charge < -0.3 is 8.83 Å². The number of anilines is 3. The first-order chi connectivity index (χ1) is 32.0. The number of furan rings is 2. The lowest BCUT2D eigenvalue weighted by Crippen LogP contribution is -2.19. The Labute approximate surface area is 383 Å². The topological polar surface area (TPSA) is 55.3 Å². The van der Waals surface area contributed by atoms with E-state index < -0.39 is 0 Å². The molecule has 8 aromatic carbocycles. The zero-order chi connectivity index (χ0) is 44.4. The molecule has 11 aromatic rings. The highest BCUT2D eigenvalue weighted by molar-refractivity contribution is 6.19. The van der Waals surface area contributed by atoms with E-state index in [0.29, 0.717) is 5.95 Å². The zero-order valence-corrected chi connectivity index (χ0v) is 37.7. The van der Waals surface area contributed by atoms with Crippen LogP contribution in [0.4, 0.5) is 17.3 Å². The van der Waals surface area contributed by atoms with Crippen LogP contribution < -0.4 is 4.90 Å². The standard InChI is InChI=1S/C61H45N3O2/c1-59(2)44-25-26-52-55(39-17-10-12-19-50(39)65-52)54(44)43-33-47-42(32-48(43)59)37-23-21-35(29-45(37)60(47,3)4)64(58-62-27-14-28-63-58)36-22-24-38-46(30-36)61(5,6)49-31-41(34-15-8-7-9-16-34)57-56(53(38)49)40-18-11-13-20-51(40)66-57/h7-33H,1-6H3. The summed E-state index contributed by atoms with van der Waals surface area (Å²) in [6, 6.07) is 55.2. The first kappa shape index (κ1) is 37.6. The molecule has 3 aromatic heterocycles. The fraction of sp³-hybridized carbons (Fsp3) is 0.148. The van der Waals surface area contributed by atoms with Crippen molar-refractivity contribution in [2.24, 2.45) is 0 Å². The molecule has 0 spiro atoms. The summed E-state index contributed by atoms with van der Waals surface area (Å²) in [5.41, 5.74) is 22.8. The molecule has 14 rings (SSSR count). The van der Waals surface area contributed by atoms with Crippen LogP contribution in [0.3, 0.4) is 0 Å². The van der Waals surface area contributed by atoms with E-state index in [-0.39, 0.29) is 16.2 Å². The van der Waals surface area contributed by atoms with Crippen molar-refractivity contribution in [2.45, 2.75) is 57.8 Å². The summed E-state index contributed by atoms with van der Waals surface area (Å²) < 4.78 is 13.2. The Morgan fingerprint density at radius 2 is 0.939 bits per heavy atom. The molecule has 0 aliphatic heterocycles. The van der Waals surface area contributed by atoms with Crippen LogP contribution in [0.1, 0.15) is 74.9 Å². The van der Waals surface area contributed by atoms with Crippen molar-refractivity contribution < 1.29 is 8.83 Å². The minimum atomic E-state index is -0.317. The lowest BCUT2D eigenvalue weighted by Gasteiger charge is -2.28. The van der Waals surface area contributed by atoms with Gasteiger partial charge in [-0.3, -0.25) is 4.90 Å². The SMILES string of the molecule is CC1(C)c2cc(N(c3ccc4c(c3)C(C)(C)c3cc(-c5ccccc5)c5oc6ccccc6c5c3-4)c3ncccn3)ccc2-c2cc3c(cc21)-c1c(ccc2oc4ccccc4c12)C3(C)C. The number of hydrogen-bond acceptors (Lipinski definition) is 5. The van der Waals surface area contributed by atoms with E-state index in [2.05, 4.69) is 192 Å². The molecule has 0 bridgehead atoms. The van der Waals surface area contributed by atoms with E-state index in [1.807, 2.05) is 18.5 Å². The molecule has 0 N–H and O–H groups in total. The number of fused-ring (bicyclic) bond motifs is 17. The number of para-hydroxylation sites is 2. The van der Waals surface area contributed by atoms with Gasteiger partial charge in [-0.2, -0.15) is 0 Å². The molecule has 0 saturated carbocycles. The molecule has 5 heteroatoms. The van der Waals surface area contributed by atoms with E-state index in [1.165, 1.54) is 82.9 Å². The second-order valence-electron chi connectivity index (χ2n) is 20.1. The van der Waals surface area contributed by atoms with Crippen LogP contribution in [0, 0.1) is 0 Å². The smallest absolute Gasteiger partial charge is 0.234 e. The molecule has 3 aliphatic rings. The summed E-state index contributed by atoms with van der Waals surface area (Å²) >= 11 is 0. The third kappa shape index (κ3) is 4.79. The van der Waals surface area contributed by atoms with Crippen LogP contribution in [0.15, 0.2) is 173 Å². The summed E-state index contributed by atoms with van der Waals surface area (Å²) in [4.78, 5) is 12.0. The van der Waals surface area contributed by atoms with Crippen molar-refractivity contribution in [1.82, 2.24) is 9.97 Å². The van der Waals surface area contributed by atoms with Crippen LogP contribution in [0.2, 0.25) is 0 Å². The number of nitrogens with zero attached hydrogens (tertiary/aromatic N) is 3. The van der Waals surface area contributed by atoms with Gasteiger partial charge in [-0.25, -0.2) is 9.97 Å². The zero-order valence-electron chi connectivity index (χ0n) is 37.7. The molecule has 0 atom stereocenters. The van der Waals surface area contributed by atoms with Gasteiger partial charge in [0.05, 0.1) is 0 Å². The molecule has 3 aliphatic carbocycles. The van der Waals surface area contributed by atoms with E-state index >= 15 is 0 Å². The Morgan fingerprint density at radius 1 is 0.394 bits per heavy atom. The first-order valence-corrected chi connectivity index (χ1v) is 23.1. The van der Waals surface area contributed by atoms with Crippen LogP contribution in [-0.4, -0.2) is 9.97 Å². The quantitative estimate of drug-likeness (QED) is 0.177. The molecule has 0 radical (unpaired) electrons. The molecule has 5 nitrogen and oxygen atoms in total. The van der Waals surface area contributed by atoms with Crippen molar-refractivity contribution >= 4 is 61.2 Å². The Kier molecular flexibility index (Phi) is 7.25. The summed E-state index contributed by atoms with van der Waals surface area (Å²) in [6.07, 6.45) is 3.67. The number of benzene rings is 8. The Morgan fingerprint density at radius 3 is 1.68 bits per heavy atom. The van der Waals surface area contributed by atoms with Gasteiger partial charge in [0.1, 0.15) is 22.3 Å². The summed E-state index contributed by atoms with van der Waals surface area (Å²) in [5, 5.41) is 4.69. The Hall–Kier alpha value is -7.76. The van der Waals surface area contributed by atoms with Crippen molar-refractivity contribution in [3.05, 3.63) is 197 Å². The molecule has 0 fully saturated rings. The van der Waals surface area contributed by atoms with Crippen LogP contribution in [0.5, 0.6) is 0 Å². The maximum absolute atomic E-state index is 6.75. The Bertz CT molecular complexity index is 3910. The van der Waals surface area contributed by atoms with Crippen LogP contribution >= 0.6 is 0 Å². The maximum atomic E-state index is 6.75. The summed E-state index contributed by atoms with van der Waals surface area (Å²) in [6.45, 7) is 14.2. The molecular weight excluding hydrogens is 807 g/mol. The minimum Gasteiger partial charge on any atom is -0.456 e. The van der Waals surface area contributed by atoms with Gasteiger partial charge >= 0.3 is 0 Å². The third-order valence-electron chi connectivity index (χ3n) is 15.6. The molecule has 0 saturated heterocycles. The van der Waals surface area contributed by atoms with Crippen LogP contribution in [0.25, 0.3) is 88.4 Å². The molecule has 66 heavy (non-hydrogen) atoms. The van der Waals surface area contributed by atoms with Crippen molar-refractivity contribution in [2.75, 3.05) is 4.90 Å². The normalized spacial score (nSPS) is 15.5. The predicted molar refractivity (Wildman–Crippen MR) is 269 cm³/mol. The van der Waals surface area contributed by atoms with E-state index in [4.69, 9.17) is 18.8 Å². The highest BCUT2D eigenvalue weighted by atomic mass is 16.3. The first-order valence-electron chi connectivity index (χ1n) is 23.1. The third-order valence-corrected chi connectivity index (χ3v) is 15.6. The molecule has 3 heterocycles. The van der Waals surface area contributed by atoms with Crippen LogP contribution in [-0.2, 0) is 16.2 Å². The maximum Gasteiger partial charge on any atom is 0.234 e. The average molecular weight is 852 g/mol.